The second kappa shape index (κ2) is 9.54. The van der Waals surface area contributed by atoms with Crippen molar-refractivity contribution in [3.63, 3.8) is 0 Å². The predicted octanol–water partition coefficient (Wildman–Crippen LogP) is 4.45. The Balaban J connectivity index is 1.84. The van der Waals surface area contributed by atoms with E-state index in [1.54, 1.807) is 73.8 Å². The average Bonchev–Trinajstić information content (AvgIpc) is 2.84. The maximum atomic E-state index is 13.8. The number of imide groups is 1. The highest BCUT2D eigenvalue weighted by Gasteiger charge is 2.46. The van der Waals surface area contributed by atoms with Crippen molar-refractivity contribution < 1.29 is 24.2 Å². The third kappa shape index (κ3) is 4.48. The van der Waals surface area contributed by atoms with Crippen molar-refractivity contribution in [2.45, 2.75) is 5.72 Å². The van der Waals surface area contributed by atoms with Gasteiger partial charge in [-0.3, -0.25) is 9.59 Å². The van der Waals surface area contributed by atoms with Crippen molar-refractivity contribution in [2.24, 2.45) is 0 Å². The number of ether oxygens (including phenoxy) is 2. The minimum Gasteiger partial charge on any atom is -0.486 e. The Kier molecular flexibility index (Phi) is 6.73. The number of likely N-dealkylation sites (N-methyl/N-ethyl adjacent to an activating group) is 1. The van der Waals surface area contributed by atoms with Gasteiger partial charge in [0, 0.05) is 27.2 Å². The van der Waals surface area contributed by atoms with Crippen LogP contribution >= 0.6 is 31.9 Å². The lowest BCUT2D eigenvalue weighted by Gasteiger charge is -2.39. The number of anilines is 2. The summed E-state index contributed by atoms with van der Waals surface area (Å²) in [5.41, 5.74) is -1.13. The van der Waals surface area contributed by atoms with Crippen LogP contribution in [0.5, 0.6) is 11.5 Å². The summed E-state index contributed by atoms with van der Waals surface area (Å²) in [6.07, 6.45) is 0.393. The van der Waals surface area contributed by atoms with Gasteiger partial charge in [0.15, 0.2) is 11.5 Å². The first-order valence-corrected chi connectivity index (χ1v) is 11.6. The quantitative estimate of drug-likeness (QED) is 0.345. The zero-order valence-corrected chi connectivity index (χ0v) is 20.7. The molecule has 1 atom stereocenters. The fourth-order valence-electron chi connectivity index (χ4n) is 3.57. The van der Waals surface area contributed by atoms with Crippen LogP contribution < -0.4 is 19.3 Å². The number of carbonyl (C=O) groups excluding carboxylic acids is 2. The van der Waals surface area contributed by atoms with E-state index in [0.29, 0.717) is 42.5 Å². The number of hydrogen-bond donors (Lipinski definition) is 1. The van der Waals surface area contributed by atoms with E-state index in [4.69, 9.17) is 9.47 Å². The molecule has 7 nitrogen and oxygen atoms in total. The van der Waals surface area contributed by atoms with E-state index in [2.05, 4.69) is 31.9 Å². The van der Waals surface area contributed by atoms with Crippen LogP contribution in [0.4, 0.5) is 11.4 Å². The fourth-order valence-corrected chi connectivity index (χ4v) is 4.10. The van der Waals surface area contributed by atoms with Crippen LogP contribution in [0.25, 0.3) is 0 Å². The summed E-state index contributed by atoms with van der Waals surface area (Å²) in [6.45, 7) is 0.765. The predicted molar refractivity (Wildman–Crippen MR) is 132 cm³/mol. The van der Waals surface area contributed by atoms with Gasteiger partial charge in [-0.1, -0.05) is 31.9 Å². The van der Waals surface area contributed by atoms with E-state index in [0.717, 1.165) is 13.8 Å². The van der Waals surface area contributed by atoms with E-state index in [1.165, 1.54) is 4.90 Å². The van der Waals surface area contributed by atoms with E-state index in [1.807, 2.05) is 0 Å². The van der Waals surface area contributed by atoms with E-state index < -0.39 is 11.6 Å². The molecule has 2 amide bonds. The Morgan fingerprint density at radius 3 is 2.03 bits per heavy atom. The molecule has 1 aliphatic rings. The van der Waals surface area contributed by atoms with Gasteiger partial charge in [0.2, 0.25) is 12.1 Å². The lowest BCUT2D eigenvalue weighted by atomic mass is 9.97. The summed E-state index contributed by atoms with van der Waals surface area (Å²) in [5.74, 6) is 0.0867. The Morgan fingerprint density at radius 1 is 0.909 bits per heavy atom. The molecule has 0 saturated heterocycles. The molecule has 3 aromatic carbocycles. The standard InChI is InChI=1S/C24H20Br2N2O5/c1-27(19-7-3-17(25)4-8-19)24(31,16-2-11-21-22(14-16)33-13-12-32-21)23(30)28(15-29)20-9-5-18(26)6-10-20/h2-11,14-15,31H,12-13H2,1H3. The summed E-state index contributed by atoms with van der Waals surface area (Å²) in [4.78, 5) is 28.2. The molecule has 0 bridgehead atoms. The molecule has 4 rings (SSSR count). The number of nitrogens with zero attached hydrogens (tertiary/aromatic N) is 2. The SMILES string of the molecule is CN(c1ccc(Br)cc1)C(O)(C(=O)N(C=O)c1ccc(Br)cc1)c1ccc2c(c1)OCCO2. The lowest BCUT2D eigenvalue weighted by molar-refractivity contribution is -0.139. The third-order valence-electron chi connectivity index (χ3n) is 5.37. The molecule has 0 saturated carbocycles. The summed E-state index contributed by atoms with van der Waals surface area (Å²) >= 11 is 6.74. The normalized spacial score (nSPS) is 14.2. The van der Waals surface area contributed by atoms with Gasteiger partial charge in [0.05, 0.1) is 5.69 Å². The fraction of sp³-hybridized carbons (Fsp3) is 0.167. The molecule has 1 unspecified atom stereocenters. The van der Waals surface area contributed by atoms with Crippen molar-refractivity contribution in [3.8, 4) is 11.5 Å². The molecule has 33 heavy (non-hydrogen) atoms. The number of benzene rings is 3. The number of aliphatic hydroxyl groups is 1. The van der Waals surface area contributed by atoms with Crippen molar-refractivity contribution in [1.82, 2.24) is 0 Å². The van der Waals surface area contributed by atoms with Crippen LogP contribution in [0, 0.1) is 0 Å². The van der Waals surface area contributed by atoms with E-state index in [9.17, 15) is 14.7 Å². The van der Waals surface area contributed by atoms with Crippen LogP contribution in [-0.4, -0.2) is 37.7 Å². The summed E-state index contributed by atoms with van der Waals surface area (Å²) < 4.78 is 12.9. The summed E-state index contributed by atoms with van der Waals surface area (Å²) in [7, 11) is 1.59. The van der Waals surface area contributed by atoms with Gasteiger partial charge in [-0.25, -0.2) is 4.90 Å². The van der Waals surface area contributed by atoms with Crippen LogP contribution in [-0.2, 0) is 15.3 Å². The van der Waals surface area contributed by atoms with Crippen molar-refractivity contribution in [1.29, 1.82) is 0 Å². The van der Waals surface area contributed by atoms with E-state index >= 15 is 0 Å². The lowest BCUT2D eigenvalue weighted by Crippen LogP contribution is -2.56. The third-order valence-corrected chi connectivity index (χ3v) is 6.43. The maximum Gasteiger partial charge on any atom is 0.291 e. The number of carbonyl (C=O) groups is 2. The van der Waals surface area contributed by atoms with Crippen LogP contribution in [0.1, 0.15) is 5.56 Å². The number of halogens is 2. The average molecular weight is 576 g/mol. The highest BCUT2D eigenvalue weighted by molar-refractivity contribution is 9.10. The minimum absolute atomic E-state index is 0.228. The van der Waals surface area contributed by atoms with Gasteiger partial charge in [-0.2, -0.15) is 0 Å². The Labute approximate surface area is 207 Å². The largest absolute Gasteiger partial charge is 0.486 e. The van der Waals surface area contributed by atoms with Crippen molar-refractivity contribution in [2.75, 3.05) is 30.1 Å². The van der Waals surface area contributed by atoms with E-state index in [-0.39, 0.29) is 5.56 Å². The molecule has 9 heteroatoms. The molecule has 1 N–H and O–H groups in total. The molecule has 0 aliphatic carbocycles. The van der Waals surface area contributed by atoms with Crippen molar-refractivity contribution in [3.05, 3.63) is 81.2 Å². The zero-order chi connectivity index (χ0) is 23.6. The van der Waals surface area contributed by atoms with Crippen LogP contribution in [0.15, 0.2) is 75.7 Å². The first-order chi connectivity index (χ1) is 15.8. The summed E-state index contributed by atoms with van der Waals surface area (Å²) in [5, 5.41) is 12.0. The molecule has 0 fully saturated rings. The summed E-state index contributed by atoms with van der Waals surface area (Å²) in [6, 6.07) is 18.5. The molecule has 170 valence electrons. The number of fused-ring (bicyclic) bond motifs is 1. The Bertz CT molecular complexity index is 1170. The van der Waals surface area contributed by atoms with Crippen molar-refractivity contribution >= 4 is 55.6 Å². The Morgan fingerprint density at radius 2 is 1.45 bits per heavy atom. The number of amides is 2. The van der Waals surface area contributed by atoms with Gasteiger partial charge < -0.3 is 19.5 Å². The van der Waals surface area contributed by atoms with Crippen LogP contribution in [0.2, 0.25) is 0 Å². The highest BCUT2D eigenvalue weighted by Crippen LogP contribution is 2.39. The smallest absolute Gasteiger partial charge is 0.291 e. The second-order valence-electron chi connectivity index (χ2n) is 7.32. The monoisotopic (exact) mass is 574 g/mol. The van der Waals surface area contributed by atoms with Gasteiger partial charge >= 0.3 is 0 Å². The Hall–Kier alpha value is -2.88. The molecular formula is C24H20Br2N2O5. The van der Waals surface area contributed by atoms with Crippen LogP contribution in [0.3, 0.4) is 0 Å². The molecule has 3 aromatic rings. The topological polar surface area (TPSA) is 79.3 Å². The first kappa shape index (κ1) is 23.3. The van der Waals surface area contributed by atoms with Gasteiger partial charge in [-0.05, 0) is 66.7 Å². The number of hydrogen-bond acceptors (Lipinski definition) is 6. The zero-order valence-electron chi connectivity index (χ0n) is 17.6. The minimum atomic E-state index is -2.24. The molecule has 0 spiro atoms. The van der Waals surface area contributed by atoms with Gasteiger partial charge in [0.25, 0.3) is 5.91 Å². The molecule has 0 aromatic heterocycles. The highest BCUT2D eigenvalue weighted by atomic mass is 79.9. The maximum absolute atomic E-state index is 13.8. The number of rotatable bonds is 6. The van der Waals surface area contributed by atoms with Gasteiger partial charge in [0.1, 0.15) is 13.2 Å². The van der Waals surface area contributed by atoms with Gasteiger partial charge in [-0.15, -0.1) is 0 Å². The molecule has 0 radical (unpaired) electrons. The molecule has 1 heterocycles. The first-order valence-electron chi connectivity index (χ1n) is 10.0. The molecular weight excluding hydrogens is 556 g/mol. The second-order valence-corrected chi connectivity index (χ2v) is 9.15. The molecule has 1 aliphatic heterocycles.